The van der Waals surface area contributed by atoms with Gasteiger partial charge in [-0.05, 0) is 31.0 Å². The van der Waals surface area contributed by atoms with E-state index in [-0.39, 0.29) is 18.1 Å². The Hall–Kier alpha value is -2.08. The molecule has 2 atom stereocenters. The van der Waals surface area contributed by atoms with Gasteiger partial charge in [0, 0.05) is 6.04 Å². The van der Waals surface area contributed by atoms with Gasteiger partial charge in [0.25, 0.3) is 0 Å². The summed E-state index contributed by atoms with van der Waals surface area (Å²) in [6.45, 7) is 1.61. The molecule has 6 nitrogen and oxygen atoms in total. The number of phenols is 1. The number of nitrogens with two attached hydrogens (primary N) is 1. The molecule has 19 heavy (non-hydrogen) atoms. The number of carboxylic acid groups (broad SMARTS) is 1. The lowest BCUT2D eigenvalue weighted by Crippen LogP contribution is -2.46. The highest BCUT2D eigenvalue weighted by Crippen LogP contribution is 2.10. The Morgan fingerprint density at radius 1 is 1.32 bits per heavy atom. The predicted octanol–water partition coefficient (Wildman–Crippen LogP) is 0.241. The van der Waals surface area contributed by atoms with Crippen LogP contribution in [0.25, 0.3) is 0 Å². The van der Waals surface area contributed by atoms with Gasteiger partial charge in [0.05, 0.1) is 12.5 Å². The molecule has 0 aliphatic rings. The van der Waals surface area contributed by atoms with Crippen LogP contribution in [0.4, 0.5) is 0 Å². The molecule has 0 heterocycles. The maximum atomic E-state index is 11.7. The number of hydrogen-bond acceptors (Lipinski definition) is 4. The molecule has 0 radical (unpaired) electrons. The smallest absolute Gasteiger partial charge is 0.305 e. The molecule has 0 saturated carbocycles. The molecule has 0 aliphatic carbocycles. The van der Waals surface area contributed by atoms with Crippen LogP contribution in [0.3, 0.4) is 0 Å². The fourth-order valence-corrected chi connectivity index (χ4v) is 1.64. The molecule has 0 fully saturated rings. The zero-order valence-corrected chi connectivity index (χ0v) is 10.7. The Kier molecular flexibility index (Phi) is 5.32. The second kappa shape index (κ2) is 6.75. The minimum absolute atomic E-state index is 0.141. The van der Waals surface area contributed by atoms with Gasteiger partial charge in [0.15, 0.2) is 0 Å². The molecule has 1 amide bonds. The van der Waals surface area contributed by atoms with E-state index in [2.05, 4.69) is 5.32 Å². The van der Waals surface area contributed by atoms with E-state index < -0.39 is 18.1 Å². The molecule has 0 saturated heterocycles. The number of phenolic OH excluding ortho intramolecular Hbond substituents is 1. The van der Waals surface area contributed by atoms with Crippen molar-refractivity contribution in [1.29, 1.82) is 0 Å². The average Bonchev–Trinajstić information content (AvgIpc) is 2.30. The molecule has 6 heteroatoms. The number of nitrogens with one attached hydrogen (secondary N) is 1. The molecule has 0 aromatic heterocycles. The van der Waals surface area contributed by atoms with Crippen LogP contribution in [0.15, 0.2) is 24.3 Å². The summed E-state index contributed by atoms with van der Waals surface area (Å²) in [5.74, 6) is -1.21. The van der Waals surface area contributed by atoms with Gasteiger partial charge in [-0.15, -0.1) is 0 Å². The highest BCUT2D eigenvalue weighted by molar-refractivity contribution is 5.82. The Labute approximate surface area is 111 Å². The first-order valence-electron chi connectivity index (χ1n) is 5.94. The summed E-state index contributed by atoms with van der Waals surface area (Å²) in [6.07, 6.45) is 0.184. The molecule has 0 spiro atoms. The molecular weight excluding hydrogens is 248 g/mol. The first-order valence-corrected chi connectivity index (χ1v) is 5.94. The van der Waals surface area contributed by atoms with E-state index in [9.17, 15) is 9.59 Å². The van der Waals surface area contributed by atoms with E-state index in [0.29, 0.717) is 6.42 Å². The molecular formula is C13H18N2O4. The van der Waals surface area contributed by atoms with Gasteiger partial charge in [-0.1, -0.05) is 12.1 Å². The normalized spacial score (nSPS) is 13.6. The van der Waals surface area contributed by atoms with E-state index in [1.165, 1.54) is 12.1 Å². The summed E-state index contributed by atoms with van der Waals surface area (Å²) in [4.78, 5) is 22.2. The van der Waals surface area contributed by atoms with Gasteiger partial charge in [-0.2, -0.15) is 0 Å². The maximum Gasteiger partial charge on any atom is 0.305 e. The van der Waals surface area contributed by atoms with Gasteiger partial charge < -0.3 is 21.3 Å². The largest absolute Gasteiger partial charge is 0.508 e. The first kappa shape index (κ1) is 15.0. The number of rotatable bonds is 6. The van der Waals surface area contributed by atoms with Crippen LogP contribution in [-0.2, 0) is 16.0 Å². The lowest BCUT2D eigenvalue weighted by molar-refractivity contribution is -0.137. The van der Waals surface area contributed by atoms with E-state index >= 15 is 0 Å². The standard InChI is InChI=1S/C13H18N2O4/c1-8(6-12(17)18)15-13(19)11(14)7-9-2-4-10(16)5-3-9/h2-5,8,11,16H,6-7,14H2,1H3,(H,15,19)(H,17,18)/t8?,11-/m1/s1. The summed E-state index contributed by atoms with van der Waals surface area (Å²) >= 11 is 0. The van der Waals surface area contributed by atoms with Crippen molar-refractivity contribution >= 4 is 11.9 Å². The molecule has 0 bridgehead atoms. The highest BCUT2D eigenvalue weighted by Gasteiger charge is 2.17. The molecule has 5 N–H and O–H groups in total. The van der Waals surface area contributed by atoms with Crippen LogP contribution in [0.2, 0.25) is 0 Å². The number of carbonyl (C=O) groups excluding carboxylic acids is 1. The fraction of sp³-hybridized carbons (Fsp3) is 0.385. The average molecular weight is 266 g/mol. The van der Waals surface area contributed by atoms with Crippen molar-refractivity contribution in [2.75, 3.05) is 0 Å². The van der Waals surface area contributed by atoms with E-state index in [0.717, 1.165) is 5.56 Å². The summed E-state index contributed by atoms with van der Waals surface area (Å²) in [6, 6.07) is 5.20. The van der Waals surface area contributed by atoms with Crippen LogP contribution in [0, 0.1) is 0 Å². The van der Waals surface area contributed by atoms with E-state index in [1.54, 1.807) is 19.1 Å². The summed E-state index contributed by atoms with van der Waals surface area (Å²) in [5.41, 5.74) is 6.57. The molecule has 1 aromatic carbocycles. The predicted molar refractivity (Wildman–Crippen MR) is 69.6 cm³/mol. The number of amides is 1. The van der Waals surface area contributed by atoms with Gasteiger partial charge in [0.1, 0.15) is 5.75 Å². The van der Waals surface area contributed by atoms with E-state index in [4.69, 9.17) is 15.9 Å². The third-order valence-electron chi connectivity index (χ3n) is 2.60. The van der Waals surface area contributed by atoms with Crippen molar-refractivity contribution in [2.24, 2.45) is 5.73 Å². The second-order valence-corrected chi connectivity index (χ2v) is 4.48. The minimum atomic E-state index is -0.972. The first-order chi connectivity index (χ1) is 8.88. The number of carbonyl (C=O) groups is 2. The Bertz CT molecular complexity index is 444. The number of aliphatic carboxylic acids is 1. The van der Waals surface area contributed by atoms with Crippen molar-refractivity contribution in [3.63, 3.8) is 0 Å². The van der Waals surface area contributed by atoms with Gasteiger partial charge in [-0.25, -0.2) is 0 Å². The molecule has 1 aromatic rings. The topological polar surface area (TPSA) is 113 Å². The number of benzene rings is 1. The van der Waals surface area contributed by atoms with Gasteiger partial charge >= 0.3 is 5.97 Å². The minimum Gasteiger partial charge on any atom is -0.508 e. The van der Waals surface area contributed by atoms with Crippen molar-refractivity contribution in [3.05, 3.63) is 29.8 Å². The molecule has 1 unspecified atom stereocenters. The summed E-state index contributed by atoms with van der Waals surface area (Å²) < 4.78 is 0. The quantitative estimate of drug-likeness (QED) is 0.589. The van der Waals surface area contributed by atoms with Gasteiger partial charge in [0.2, 0.25) is 5.91 Å². The van der Waals surface area contributed by atoms with Gasteiger partial charge in [-0.3, -0.25) is 9.59 Å². The van der Waals surface area contributed by atoms with Crippen LogP contribution in [0.5, 0.6) is 5.75 Å². The van der Waals surface area contributed by atoms with Crippen molar-refractivity contribution in [3.8, 4) is 5.75 Å². The molecule has 1 rings (SSSR count). The monoisotopic (exact) mass is 266 g/mol. The van der Waals surface area contributed by atoms with Crippen molar-refractivity contribution < 1.29 is 19.8 Å². The number of hydrogen-bond donors (Lipinski definition) is 4. The third-order valence-corrected chi connectivity index (χ3v) is 2.60. The fourth-order valence-electron chi connectivity index (χ4n) is 1.64. The molecule has 104 valence electrons. The van der Waals surface area contributed by atoms with Crippen LogP contribution < -0.4 is 11.1 Å². The van der Waals surface area contributed by atoms with Crippen LogP contribution in [0.1, 0.15) is 18.9 Å². The number of aromatic hydroxyl groups is 1. The number of carboxylic acids is 1. The summed E-state index contributed by atoms with van der Waals surface area (Å²) in [5, 5.41) is 20.3. The van der Waals surface area contributed by atoms with Crippen LogP contribution >= 0.6 is 0 Å². The zero-order chi connectivity index (χ0) is 14.4. The summed E-state index contributed by atoms with van der Waals surface area (Å²) in [7, 11) is 0. The Morgan fingerprint density at radius 3 is 2.42 bits per heavy atom. The lowest BCUT2D eigenvalue weighted by atomic mass is 10.1. The Morgan fingerprint density at radius 2 is 1.89 bits per heavy atom. The maximum absolute atomic E-state index is 11.7. The lowest BCUT2D eigenvalue weighted by Gasteiger charge is -2.16. The Balaban J connectivity index is 2.48. The molecule has 0 aliphatic heterocycles. The highest BCUT2D eigenvalue weighted by atomic mass is 16.4. The third kappa shape index (κ3) is 5.39. The second-order valence-electron chi connectivity index (χ2n) is 4.48. The van der Waals surface area contributed by atoms with E-state index in [1.807, 2.05) is 0 Å². The zero-order valence-electron chi connectivity index (χ0n) is 10.7. The van der Waals surface area contributed by atoms with Crippen molar-refractivity contribution in [1.82, 2.24) is 5.32 Å². The van der Waals surface area contributed by atoms with Crippen LogP contribution in [-0.4, -0.2) is 34.2 Å². The SMILES string of the molecule is CC(CC(=O)O)NC(=O)[C@H](N)Cc1ccc(O)cc1. The van der Waals surface area contributed by atoms with Crippen molar-refractivity contribution in [2.45, 2.75) is 31.8 Å².